The number of hydrazone groups is 1. The monoisotopic (exact) mass is 408 g/mol. The van der Waals surface area contributed by atoms with Crippen molar-refractivity contribution in [1.82, 2.24) is 14.9 Å². The minimum Gasteiger partial charge on any atom is -0.379 e. The van der Waals surface area contributed by atoms with Gasteiger partial charge in [-0.3, -0.25) is 9.69 Å². The molecule has 8 heteroatoms. The highest BCUT2D eigenvalue weighted by molar-refractivity contribution is 6.35. The number of carbonyl (C=O) groups is 1. The lowest BCUT2D eigenvalue weighted by atomic mass is 10.2. The van der Waals surface area contributed by atoms with Crippen molar-refractivity contribution >= 4 is 35.3 Å². The van der Waals surface area contributed by atoms with Crippen LogP contribution >= 0.6 is 23.2 Å². The highest BCUT2D eigenvalue weighted by atomic mass is 35.5. The first-order chi connectivity index (χ1) is 13.0. The molecule has 1 aromatic carbocycles. The second kappa shape index (κ2) is 8.89. The average Bonchev–Trinajstić information content (AvgIpc) is 2.90. The van der Waals surface area contributed by atoms with E-state index in [1.807, 2.05) is 35.4 Å². The molecule has 2 aromatic rings. The molecule has 1 aliphatic heterocycles. The predicted molar refractivity (Wildman–Crippen MR) is 108 cm³/mol. The number of nitrogens with one attached hydrogen (secondary N) is 1. The molecule has 1 amide bonds. The molecule has 1 N–H and O–H groups in total. The van der Waals surface area contributed by atoms with Gasteiger partial charge in [0.1, 0.15) is 0 Å². The minimum atomic E-state index is -0.136. The van der Waals surface area contributed by atoms with Gasteiger partial charge in [0.15, 0.2) is 0 Å². The number of hydrogen-bond donors (Lipinski definition) is 1. The summed E-state index contributed by atoms with van der Waals surface area (Å²) in [5.41, 5.74) is 6.34. The van der Waals surface area contributed by atoms with Crippen LogP contribution in [0, 0.1) is 13.8 Å². The lowest BCUT2D eigenvalue weighted by molar-refractivity contribution is -0.123. The van der Waals surface area contributed by atoms with Gasteiger partial charge in [0, 0.05) is 35.1 Å². The van der Waals surface area contributed by atoms with Crippen molar-refractivity contribution in [1.29, 1.82) is 0 Å². The van der Waals surface area contributed by atoms with E-state index in [2.05, 4.69) is 10.5 Å². The van der Waals surface area contributed by atoms with Gasteiger partial charge < -0.3 is 9.30 Å². The zero-order valence-corrected chi connectivity index (χ0v) is 16.8. The van der Waals surface area contributed by atoms with E-state index in [0.717, 1.165) is 35.7 Å². The third-order valence-electron chi connectivity index (χ3n) is 4.48. The molecule has 0 spiro atoms. The van der Waals surface area contributed by atoms with Crippen LogP contribution in [0.25, 0.3) is 5.69 Å². The van der Waals surface area contributed by atoms with Gasteiger partial charge in [-0.05, 0) is 38.1 Å². The molecule has 2 heterocycles. The number of carbonyl (C=O) groups excluding carboxylic acids is 1. The normalized spacial score (nSPS) is 15.4. The van der Waals surface area contributed by atoms with E-state index in [9.17, 15) is 4.79 Å². The largest absolute Gasteiger partial charge is 0.379 e. The Morgan fingerprint density at radius 1 is 1.26 bits per heavy atom. The van der Waals surface area contributed by atoms with Crippen LogP contribution in [0.1, 0.15) is 17.0 Å². The minimum absolute atomic E-state index is 0.136. The summed E-state index contributed by atoms with van der Waals surface area (Å²) in [6.07, 6.45) is 1.65. The number of amides is 1. The maximum atomic E-state index is 12.0. The molecule has 0 radical (unpaired) electrons. The van der Waals surface area contributed by atoms with Crippen molar-refractivity contribution in [2.75, 3.05) is 32.8 Å². The highest BCUT2D eigenvalue weighted by Crippen LogP contribution is 2.28. The fourth-order valence-electron chi connectivity index (χ4n) is 3.12. The maximum Gasteiger partial charge on any atom is 0.254 e. The Morgan fingerprint density at radius 3 is 2.70 bits per heavy atom. The molecule has 1 fully saturated rings. The molecule has 0 aliphatic carbocycles. The molecule has 1 aliphatic rings. The number of rotatable bonds is 5. The predicted octanol–water partition coefficient (Wildman–Crippen LogP) is 3.18. The molecular weight excluding hydrogens is 387 g/mol. The van der Waals surface area contributed by atoms with Gasteiger partial charge in [0.05, 0.1) is 36.7 Å². The second-order valence-corrected chi connectivity index (χ2v) is 7.28. The second-order valence-electron chi connectivity index (χ2n) is 6.44. The fraction of sp³-hybridized carbons (Fsp3) is 0.368. The number of hydrogen-bond acceptors (Lipinski definition) is 4. The van der Waals surface area contributed by atoms with Gasteiger partial charge in [-0.1, -0.05) is 23.2 Å². The molecule has 27 heavy (non-hydrogen) atoms. The highest BCUT2D eigenvalue weighted by Gasteiger charge is 2.14. The topological polar surface area (TPSA) is 58.9 Å². The number of aryl methyl sites for hydroxylation is 1. The third kappa shape index (κ3) is 4.90. The van der Waals surface area contributed by atoms with Crippen molar-refractivity contribution in [2.45, 2.75) is 13.8 Å². The number of halogens is 2. The van der Waals surface area contributed by atoms with E-state index in [1.165, 1.54) is 0 Å². The van der Waals surface area contributed by atoms with Gasteiger partial charge in [0.2, 0.25) is 0 Å². The summed E-state index contributed by atoms with van der Waals surface area (Å²) in [4.78, 5) is 14.1. The van der Waals surface area contributed by atoms with E-state index >= 15 is 0 Å². The van der Waals surface area contributed by atoms with Gasteiger partial charge >= 0.3 is 0 Å². The molecule has 0 saturated carbocycles. The molecular formula is C19H22Cl2N4O2. The van der Waals surface area contributed by atoms with Crippen molar-refractivity contribution in [3.8, 4) is 5.69 Å². The smallest absolute Gasteiger partial charge is 0.254 e. The number of nitrogens with zero attached hydrogens (tertiary/aromatic N) is 3. The first-order valence-electron chi connectivity index (χ1n) is 8.72. The molecule has 6 nitrogen and oxygen atoms in total. The Hall–Kier alpha value is -1.86. The number of morpholine rings is 1. The van der Waals surface area contributed by atoms with Crippen molar-refractivity contribution in [2.24, 2.45) is 5.10 Å². The number of benzene rings is 1. The van der Waals surface area contributed by atoms with Crippen LogP contribution in [-0.2, 0) is 9.53 Å². The van der Waals surface area contributed by atoms with E-state index in [-0.39, 0.29) is 5.91 Å². The molecule has 0 unspecified atom stereocenters. The Labute approximate surface area is 168 Å². The van der Waals surface area contributed by atoms with E-state index in [4.69, 9.17) is 27.9 Å². The van der Waals surface area contributed by atoms with Crippen molar-refractivity contribution < 1.29 is 9.53 Å². The molecule has 1 aromatic heterocycles. The molecule has 3 rings (SSSR count). The molecule has 144 valence electrons. The lowest BCUT2D eigenvalue weighted by Crippen LogP contribution is -2.42. The van der Waals surface area contributed by atoms with Gasteiger partial charge in [-0.2, -0.15) is 5.10 Å². The van der Waals surface area contributed by atoms with E-state index in [0.29, 0.717) is 29.8 Å². The molecule has 0 bridgehead atoms. The first-order valence-corrected chi connectivity index (χ1v) is 9.47. The molecule has 1 saturated heterocycles. The lowest BCUT2D eigenvalue weighted by Gasteiger charge is -2.25. The van der Waals surface area contributed by atoms with Gasteiger partial charge in [-0.15, -0.1) is 0 Å². The van der Waals surface area contributed by atoms with Gasteiger partial charge in [0.25, 0.3) is 5.91 Å². The summed E-state index contributed by atoms with van der Waals surface area (Å²) in [7, 11) is 0. The summed E-state index contributed by atoms with van der Waals surface area (Å²) in [6, 6.07) is 7.41. The van der Waals surface area contributed by atoms with Crippen LogP contribution in [0.4, 0.5) is 0 Å². The van der Waals surface area contributed by atoms with Crippen molar-refractivity contribution in [3.63, 3.8) is 0 Å². The van der Waals surface area contributed by atoms with Crippen LogP contribution in [0.3, 0.4) is 0 Å². The number of ether oxygens (including phenoxy) is 1. The fourth-order valence-corrected chi connectivity index (χ4v) is 3.62. The summed E-state index contributed by atoms with van der Waals surface area (Å²) in [6.45, 7) is 7.15. The van der Waals surface area contributed by atoms with Crippen LogP contribution in [0.2, 0.25) is 10.0 Å². The summed E-state index contributed by atoms with van der Waals surface area (Å²) < 4.78 is 7.31. The average molecular weight is 409 g/mol. The first kappa shape index (κ1) is 19.9. The van der Waals surface area contributed by atoms with E-state index < -0.39 is 0 Å². The standard InChI is InChI=1S/C19H22Cl2N4O2/c1-13-9-15(11-22-23-19(26)12-24-5-7-27-8-6-24)14(2)25(13)18-4-3-16(20)10-17(18)21/h3-4,9-11H,5-8,12H2,1-2H3,(H,23,26)/b22-11-. The van der Waals surface area contributed by atoms with Crippen molar-refractivity contribution in [3.05, 3.63) is 51.3 Å². The Balaban J connectivity index is 1.69. The number of aromatic nitrogens is 1. The SMILES string of the molecule is Cc1cc(/C=N\NC(=O)CN2CCOCC2)c(C)n1-c1ccc(Cl)cc1Cl. The van der Waals surface area contributed by atoms with Crippen LogP contribution in [0.5, 0.6) is 0 Å². The van der Waals surface area contributed by atoms with E-state index in [1.54, 1.807) is 18.3 Å². The Kier molecular flexibility index (Phi) is 6.55. The summed E-state index contributed by atoms with van der Waals surface area (Å²) >= 11 is 12.3. The Morgan fingerprint density at radius 2 is 2.00 bits per heavy atom. The zero-order chi connectivity index (χ0) is 19.4. The maximum absolute atomic E-state index is 12.0. The quantitative estimate of drug-likeness (QED) is 0.610. The Bertz CT molecular complexity index is 858. The zero-order valence-electron chi connectivity index (χ0n) is 15.3. The summed E-state index contributed by atoms with van der Waals surface area (Å²) in [5, 5.41) is 5.27. The summed E-state index contributed by atoms with van der Waals surface area (Å²) in [5.74, 6) is -0.136. The van der Waals surface area contributed by atoms with Crippen LogP contribution in [-0.4, -0.2) is 54.4 Å². The third-order valence-corrected chi connectivity index (χ3v) is 5.02. The van der Waals surface area contributed by atoms with Crippen LogP contribution in [0.15, 0.2) is 29.4 Å². The van der Waals surface area contributed by atoms with Crippen LogP contribution < -0.4 is 5.43 Å². The molecule has 0 atom stereocenters. The van der Waals surface area contributed by atoms with Gasteiger partial charge in [-0.25, -0.2) is 5.43 Å².